The number of halogens is 2. The molecule has 4 heteroatoms. The Hall–Kier alpha value is -1.97. The van der Waals surface area contributed by atoms with Crippen molar-refractivity contribution < 1.29 is 15.3 Å². The van der Waals surface area contributed by atoms with Crippen molar-refractivity contribution in [2.75, 3.05) is 0 Å². The summed E-state index contributed by atoms with van der Waals surface area (Å²) >= 11 is -5.06. The van der Waals surface area contributed by atoms with E-state index in [9.17, 15) is 0 Å². The van der Waals surface area contributed by atoms with Crippen molar-refractivity contribution >= 4 is 35.3 Å². The molecule has 4 aromatic rings. The minimum atomic E-state index is -5.06. The van der Waals surface area contributed by atoms with Gasteiger partial charge in [0.15, 0.2) is 0 Å². The van der Waals surface area contributed by atoms with E-state index in [0.717, 1.165) is 38.5 Å². The molecule has 0 radical (unpaired) electrons. The van der Waals surface area contributed by atoms with E-state index in [4.69, 9.17) is 17.2 Å². The molecule has 2 atom stereocenters. The van der Waals surface area contributed by atoms with E-state index >= 15 is 0 Å². The van der Waals surface area contributed by atoms with Crippen LogP contribution in [0.1, 0.15) is 133 Å². The first kappa shape index (κ1) is 37.8. The third-order valence-electron chi connectivity index (χ3n) is 11.9. The van der Waals surface area contributed by atoms with Gasteiger partial charge in [-0.25, -0.2) is 0 Å². The second kappa shape index (κ2) is 15.2. The van der Waals surface area contributed by atoms with Gasteiger partial charge in [-0.2, -0.15) is 0 Å². The molecule has 50 heavy (non-hydrogen) atoms. The molecule has 0 heterocycles. The minimum absolute atomic E-state index is 0.127. The Bertz CT molecular complexity index is 1800. The van der Waals surface area contributed by atoms with Crippen LogP contribution in [0.3, 0.4) is 0 Å². The van der Waals surface area contributed by atoms with Gasteiger partial charge in [-0.3, -0.25) is 0 Å². The fraction of sp³-hybridized carbons (Fsp3) is 0.391. The van der Waals surface area contributed by atoms with E-state index < -0.39 is 21.3 Å². The fourth-order valence-corrected chi connectivity index (χ4v) is 53.8. The summed E-state index contributed by atoms with van der Waals surface area (Å²) in [5, 5.41) is 0. The molecule has 0 amide bonds. The van der Waals surface area contributed by atoms with Crippen molar-refractivity contribution in [2.45, 2.75) is 112 Å². The Labute approximate surface area is 312 Å². The van der Waals surface area contributed by atoms with Crippen LogP contribution in [0.5, 0.6) is 0 Å². The summed E-state index contributed by atoms with van der Waals surface area (Å²) in [5.74, 6) is -0.770. The monoisotopic (exact) mass is 887 g/mol. The summed E-state index contributed by atoms with van der Waals surface area (Å²) < 4.78 is 0.254. The second-order valence-electron chi connectivity index (χ2n) is 16.0. The van der Waals surface area contributed by atoms with Gasteiger partial charge in [0.05, 0.1) is 0 Å². The van der Waals surface area contributed by atoms with Crippen molar-refractivity contribution in [3.05, 3.63) is 129 Å². The third-order valence-corrected chi connectivity index (χ3v) is 84.7. The number of allylic oxidation sites excluding steroid dienone is 2. The number of hydrogen-bond acceptors (Lipinski definition) is 0. The van der Waals surface area contributed by atoms with E-state index in [1.54, 1.807) is 0 Å². The van der Waals surface area contributed by atoms with Gasteiger partial charge in [-0.05, 0) is 0 Å². The standard InChI is InChI=1S/2C22H25.C2H7Si.2ClH.Hf/c2*1-4-5-9-17-14-18-10-8-13-21(22(18)15-17)20-12-7-6-11-19(20)16(2)3;1-3-2;;;/h2*6-8,10-16H,4-5,9H2,1-3H3;3H,1-2H3;2*1H;/q;;;;;+2/p-2. The molecule has 0 saturated heterocycles. The van der Waals surface area contributed by atoms with Gasteiger partial charge in [0.2, 0.25) is 0 Å². The molecule has 2 unspecified atom stereocenters. The van der Waals surface area contributed by atoms with Crippen LogP contribution < -0.4 is 0 Å². The van der Waals surface area contributed by atoms with Gasteiger partial charge >= 0.3 is 315 Å². The van der Waals surface area contributed by atoms with Crippen LogP contribution in [-0.4, -0.2) is 5.98 Å². The Morgan fingerprint density at radius 3 is 1.30 bits per heavy atom. The molecule has 0 saturated carbocycles. The molecular weight excluding hydrogens is 830 g/mol. The summed E-state index contributed by atoms with van der Waals surface area (Å²) in [7, 11) is 17.7. The molecule has 0 spiro atoms. The first-order valence-electron chi connectivity index (χ1n) is 19.4. The van der Waals surface area contributed by atoms with Crippen LogP contribution in [0, 0.1) is 0 Å². The fourth-order valence-electron chi connectivity index (χ4n) is 9.22. The maximum atomic E-state index is 8.87. The zero-order valence-electron chi connectivity index (χ0n) is 31.6. The van der Waals surface area contributed by atoms with Crippen molar-refractivity contribution in [3.8, 4) is 22.3 Å². The predicted molar refractivity (Wildman–Crippen MR) is 223 cm³/mol. The first-order chi connectivity index (χ1) is 23.9. The van der Waals surface area contributed by atoms with Crippen LogP contribution in [-0.2, 0) is 15.3 Å². The van der Waals surface area contributed by atoms with E-state index in [2.05, 4.69) is 152 Å². The van der Waals surface area contributed by atoms with Crippen LogP contribution >= 0.6 is 17.2 Å². The van der Waals surface area contributed by atoms with Crippen LogP contribution in [0.4, 0.5) is 0 Å². The van der Waals surface area contributed by atoms with Crippen LogP contribution in [0.25, 0.3) is 34.4 Å². The summed E-state index contributed by atoms with van der Waals surface area (Å²) in [6.45, 7) is 18.8. The molecule has 6 rings (SSSR count). The Balaban J connectivity index is 1.61. The third kappa shape index (κ3) is 6.48. The molecule has 0 fully saturated rings. The first-order valence-corrected chi connectivity index (χ1v) is 41.5. The molecule has 263 valence electrons. The van der Waals surface area contributed by atoms with E-state index in [0.29, 0.717) is 11.8 Å². The molecule has 2 aliphatic rings. The topological polar surface area (TPSA) is 0 Å². The van der Waals surface area contributed by atoms with Crippen molar-refractivity contribution in [2.24, 2.45) is 0 Å². The Morgan fingerprint density at radius 2 is 0.940 bits per heavy atom. The molecule has 4 aromatic carbocycles. The van der Waals surface area contributed by atoms with Crippen molar-refractivity contribution in [3.63, 3.8) is 0 Å². The van der Waals surface area contributed by atoms with Gasteiger partial charge in [0.25, 0.3) is 0 Å². The molecule has 0 aromatic heterocycles. The SMILES string of the molecule is CCCCC1=Cc2c(-c3ccccc3C(C)C)cccc2[CH]1[Hf]([Cl])([Cl])([CH]1C(CCCC)=Cc2c(-c3ccccc3C(C)C)cccc21)[SiH](C)C. The van der Waals surface area contributed by atoms with Gasteiger partial charge in [-0.15, -0.1) is 0 Å². The van der Waals surface area contributed by atoms with E-state index in [-0.39, 0.29) is 7.35 Å². The van der Waals surface area contributed by atoms with Gasteiger partial charge in [0, 0.05) is 0 Å². The zero-order chi connectivity index (χ0) is 35.8. The number of fused-ring (bicyclic) bond motifs is 2. The molecule has 2 aliphatic carbocycles. The quantitative estimate of drug-likeness (QED) is 0.117. The normalized spacial score (nSPS) is 17.9. The maximum absolute atomic E-state index is 8.87. The van der Waals surface area contributed by atoms with Gasteiger partial charge < -0.3 is 0 Å². The Kier molecular flexibility index (Phi) is 11.5. The van der Waals surface area contributed by atoms with Crippen molar-refractivity contribution in [1.29, 1.82) is 0 Å². The molecular formula is C46H57Cl2HfSi. The number of benzene rings is 4. The van der Waals surface area contributed by atoms with Gasteiger partial charge in [-0.1, -0.05) is 0 Å². The number of unbranched alkanes of at least 4 members (excludes halogenated alkanes) is 2. The zero-order valence-corrected chi connectivity index (χ0v) is 37.9. The predicted octanol–water partition coefficient (Wildman–Crippen LogP) is 15.2. The molecule has 0 N–H and O–H groups in total. The summed E-state index contributed by atoms with van der Waals surface area (Å²) in [6.07, 6.45) is 11.9. The number of rotatable bonds is 13. The van der Waals surface area contributed by atoms with Crippen LogP contribution in [0.2, 0.25) is 13.1 Å². The average molecular weight is 887 g/mol. The van der Waals surface area contributed by atoms with Crippen molar-refractivity contribution in [1.82, 2.24) is 0 Å². The Morgan fingerprint density at radius 1 is 0.560 bits per heavy atom. The van der Waals surface area contributed by atoms with Crippen LogP contribution in [0.15, 0.2) is 96.1 Å². The summed E-state index contributed by atoms with van der Waals surface area (Å²) in [5.41, 5.74) is 16.7. The van der Waals surface area contributed by atoms with E-state index in [1.165, 1.54) is 66.8 Å². The average Bonchev–Trinajstić information content (AvgIpc) is 3.69. The molecule has 0 aliphatic heterocycles. The summed E-state index contributed by atoms with van der Waals surface area (Å²) in [6, 6.07) is 32.1. The second-order valence-corrected chi connectivity index (χ2v) is 75.3. The summed E-state index contributed by atoms with van der Waals surface area (Å²) in [4.78, 5) is 0. The van der Waals surface area contributed by atoms with E-state index in [1.807, 2.05) is 0 Å². The number of hydrogen-bond donors (Lipinski definition) is 0. The molecule has 0 nitrogen and oxygen atoms in total. The van der Waals surface area contributed by atoms with Gasteiger partial charge in [0.1, 0.15) is 0 Å². The molecule has 0 bridgehead atoms.